The van der Waals surface area contributed by atoms with Gasteiger partial charge in [0.15, 0.2) is 0 Å². The molecule has 5 heteroatoms. The maximum absolute atomic E-state index is 5.44. The van der Waals surface area contributed by atoms with Crippen LogP contribution in [-0.2, 0) is 0 Å². The molecule has 0 radical (unpaired) electrons. The lowest BCUT2D eigenvalue weighted by atomic mass is 10.1. The molecule has 104 valence electrons. The Morgan fingerprint density at radius 1 is 1.20 bits per heavy atom. The molecule has 0 spiro atoms. The highest BCUT2D eigenvalue weighted by atomic mass is 32.1. The number of methoxy groups -OCH3 is 2. The van der Waals surface area contributed by atoms with Crippen molar-refractivity contribution < 1.29 is 9.47 Å². The van der Waals surface area contributed by atoms with Crippen molar-refractivity contribution >= 4 is 12.2 Å². The van der Waals surface area contributed by atoms with Crippen LogP contribution in [-0.4, -0.2) is 24.2 Å². The number of rotatable bonds is 4. The summed E-state index contributed by atoms with van der Waals surface area (Å²) in [7, 11) is 3.30. The van der Waals surface area contributed by atoms with Gasteiger partial charge in [0.1, 0.15) is 22.0 Å². The molecule has 1 heterocycles. The Labute approximate surface area is 122 Å². The molecule has 1 aromatic heterocycles. The normalized spacial score (nSPS) is 14.1. The number of aromatic amines is 1. The minimum Gasteiger partial charge on any atom is -0.496 e. The summed E-state index contributed by atoms with van der Waals surface area (Å²) >= 11 is 5.28. The number of benzene rings is 1. The molecule has 4 nitrogen and oxygen atoms in total. The van der Waals surface area contributed by atoms with Crippen molar-refractivity contribution in [3.8, 4) is 22.8 Å². The zero-order chi connectivity index (χ0) is 14.1. The van der Waals surface area contributed by atoms with Gasteiger partial charge in [-0.1, -0.05) is 18.3 Å². The van der Waals surface area contributed by atoms with Crippen molar-refractivity contribution in [2.24, 2.45) is 0 Å². The largest absolute Gasteiger partial charge is 0.496 e. The van der Waals surface area contributed by atoms with E-state index in [-0.39, 0.29) is 0 Å². The predicted molar refractivity (Wildman–Crippen MR) is 79.9 cm³/mol. The Morgan fingerprint density at radius 3 is 2.40 bits per heavy atom. The summed E-state index contributed by atoms with van der Waals surface area (Å²) in [5, 5.41) is 0. The first-order valence-corrected chi connectivity index (χ1v) is 6.96. The van der Waals surface area contributed by atoms with Gasteiger partial charge in [-0.2, -0.15) is 0 Å². The van der Waals surface area contributed by atoms with E-state index in [0.717, 1.165) is 28.6 Å². The Balaban J connectivity index is 2.19. The molecule has 1 saturated carbocycles. The number of aromatic nitrogens is 2. The van der Waals surface area contributed by atoms with E-state index in [0.29, 0.717) is 10.6 Å². The molecule has 0 bridgehead atoms. The van der Waals surface area contributed by atoms with Gasteiger partial charge in [-0.3, -0.25) is 0 Å². The van der Waals surface area contributed by atoms with E-state index >= 15 is 0 Å². The first-order valence-electron chi connectivity index (χ1n) is 6.55. The van der Waals surface area contributed by atoms with Gasteiger partial charge in [-0.05, 0) is 31.0 Å². The van der Waals surface area contributed by atoms with Crippen molar-refractivity contribution in [2.45, 2.75) is 18.8 Å². The van der Waals surface area contributed by atoms with Gasteiger partial charge in [0.05, 0.1) is 25.5 Å². The zero-order valence-electron chi connectivity index (χ0n) is 11.5. The lowest BCUT2D eigenvalue weighted by Gasteiger charge is -2.13. The topological polar surface area (TPSA) is 47.1 Å². The molecule has 0 unspecified atom stereocenters. The molecule has 1 aliphatic carbocycles. The Bertz CT molecular complexity index is 670. The molecule has 0 amide bonds. The van der Waals surface area contributed by atoms with Crippen molar-refractivity contribution in [3.63, 3.8) is 0 Å². The SMILES string of the molecule is COc1cccc(OC)c1-c1cc(=S)nc(C2CC2)[nH]1. The van der Waals surface area contributed by atoms with E-state index in [4.69, 9.17) is 21.7 Å². The second-order valence-electron chi connectivity index (χ2n) is 4.83. The maximum atomic E-state index is 5.44. The lowest BCUT2D eigenvalue weighted by Crippen LogP contribution is -1.99. The van der Waals surface area contributed by atoms with Crippen molar-refractivity contribution in [3.05, 3.63) is 34.7 Å². The first kappa shape index (κ1) is 13.1. The van der Waals surface area contributed by atoms with Gasteiger partial charge in [0.2, 0.25) is 0 Å². The predicted octanol–water partition coefficient (Wildman–Crippen LogP) is 3.70. The van der Waals surface area contributed by atoms with Crippen LogP contribution in [0.25, 0.3) is 11.3 Å². The average Bonchev–Trinajstić information content (AvgIpc) is 3.30. The number of H-pyrrole nitrogens is 1. The summed E-state index contributed by atoms with van der Waals surface area (Å²) < 4.78 is 11.5. The van der Waals surface area contributed by atoms with Gasteiger partial charge in [0, 0.05) is 5.92 Å². The second kappa shape index (κ2) is 5.25. The molecule has 2 aromatic rings. The monoisotopic (exact) mass is 288 g/mol. The van der Waals surface area contributed by atoms with Gasteiger partial charge in [-0.15, -0.1) is 0 Å². The van der Waals surface area contributed by atoms with Crippen LogP contribution in [0.1, 0.15) is 24.6 Å². The van der Waals surface area contributed by atoms with Crippen LogP contribution in [0.5, 0.6) is 11.5 Å². The van der Waals surface area contributed by atoms with E-state index < -0.39 is 0 Å². The van der Waals surface area contributed by atoms with E-state index in [1.165, 1.54) is 12.8 Å². The fraction of sp³-hybridized carbons (Fsp3) is 0.333. The van der Waals surface area contributed by atoms with Crippen LogP contribution in [0.15, 0.2) is 24.3 Å². The maximum Gasteiger partial charge on any atom is 0.131 e. The summed E-state index contributed by atoms with van der Waals surface area (Å²) in [6, 6.07) is 7.57. The Hall–Kier alpha value is -1.88. The third-order valence-corrected chi connectivity index (χ3v) is 3.63. The van der Waals surface area contributed by atoms with Crippen LogP contribution in [0.2, 0.25) is 0 Å². The van der Waals surface area contributed by atoms with Crippen molar-refractivity contribution in [2.75, 3.05) is 14.2 Å². The Kier molecular flexibility index (Phi) is 3.44. The summed E-state index contributed by atoms with van der Waals surface area (Å²) in [6.45, 7) is 0. The van der Waals surface area contributed by atoms with Crippen LogP contribution in [0.4, 0.5) is 0 Å². The van der Waals surface area contributed by atoms with Gasteiger partial charge < -0.3 is 14.5 Å². The van der Waals surface area contributed by atoms with Crippen molar-refractivity contribution in [1.82, 2.24) is 9.97 Å². The van der Waals surface area contributed by atoms with E-state index in [9.17, 15) is 0 Å². The number of ether oxygens (including phenoxy) is 2. The third-order valence-electron chi connectivity index (χ3n) is 3.42. The highest BCUT2D eigenvalue weighted by Gasteiger charge is 2.26. The van der Waals surface area contributed by atoms with Gasteiger partial charge >= 0.3 is 0 Å². The fourth-order valence-corrected chi connectivity index (χ4v) is 2.49. The molecule has 3 rings (SSSR count). The molecular weight excluding hydrogens is 272 g/mol. The molecule has 1 aromatic carbocycles. The van der Waals surface area contributed by atoms with E-state index in [1.807, 2.05) is 24.3 Å². The summed E-state index contributed by atoms with van der Waals surface area (Å²) in [5.41, 5.74) is 1.77. The zero-order valence-corrected chi connectivity index (χ0v) is 12.3. The molecule has 0 saturated heterocycles. The third kappa shape index (κ3) is 2.41. The molecule has 1 fully saturated rings. The molecule has 0 aliphatic heterocycles. The smallest absolute Gasteiger partial charge is 0.131 e. The summed E-state index contributed by atoms with van der Waals surface area (Å²) in [4.78, 5) is 7.79. The minimum absolute atomic E-state index is 0.511. The number of hydrogen-bond acceptors (Lipinski definition) is 4. The lowest BCUT2D eigenvalue weighted by molar-refractivity contribution is 0.397. The highest BCUT2D eigenvalue weighted by Crippen LogP contribution is 2.41. The first-order chi connectivity index (χ1) is 9.72. The molecule has 1 aliphatic rings. The van der Waals surface area contributed by atoms with E-state index in [2.05, 4.69) is 9.97 Å². The van der Waals surface area contributed by atoms with Crippen LogP contribution >= 0.6 is 12.2 Å². The fourth-order valence-electron chi connectivity index (χ4n) is 2.28. The quantitative estimate of drug-likeness (QED) is 0.871. The number of hydrogen-bond donors (Lipinski definition) is 1. The molecule has 20 heavy (non-hydrogen) atoms. The molecule has 1 N–H and O–H groups in total. The van der Waals surface area contributed by atoms with Crippen LogP contribution in [0.3, 0.4) is 0 Å². The Morgan fingerprint density at radius 2 is 1.85 bits per heavy atom. The number of nitrogens with one attached hydrogen (secondary N) is 1. The van der Waals surface area contributed by atoms with Crippen LogP contribution in [0, 0.1) is 4.64 Å². The highest BCUT2D eigenvalue weighted by molar-refractivity contribution is 7.71. The average molecular weight is 288 g/mol. The number of nitrogens with zero attached hydrogens (tertiary/aromatic N) is 1. The summed E-state index contributed by atoms with van der Waals surface area (Å²) in [5.74, 6) is 2.98. The summed E-state index contributed by atoms with van der Waals surface area (Å²) in [6.07, 6.45) is 2.34. The second-order valence-corrected chi connectivity index (χ2v) is 5.25. The standard InChI is InChI=1S/C15H16N2O2S/c1-18-11-4-3-5-12(19-2)14(11)10-8-13(20)17-15(16-10)9-6-7-9/h3-5,8-9H,6-7H2,1-2H3,(H,16,17,20). The van der Waals surface area contributed by atoms with E-state index in [1.54, 1.807) is 14.2 Å². The molecule has 0 atom stereocenters. The van der Waals surface area contributed by atoms with Crippen LogP contribution < -0.4 is 9.47 Å². The van der Waals surface area contributed by atoms with Crippen molar-refractivity contribution in [1.29, 1.82) is 0 Å². The van der Waals surface area contributed by atoms with Gasteiger partial charge in [0.25, 0.3) is 0 Å². The minimum atomic E-state index is 0.511. The molecular formula is C15H16N2O2S. The van der Waals surface area contributed by atoms with Gasteiger partial charge in [-0.25, -0.2) is 4.98 Å².